The van der Waals surface area contributed by atoms with Gasteiger partial charge in [-0.1, -0.05) is 18.2 Å². The van der Waals surface area contributed by atoms with Gasteiger partial charge in [0.25, 0.3) is 5.91 Å². The molecule has 1 fully saturated rings. The van der Waals surface area contributed by atoms with Gasteiger partial charge in [0, 0.05) is 13.1 Å². The molecule has 1 aromatic rings. The number of amides is 2. The number of nitrogens with two attached hydrogens (primary N) is 1. The van der Waals surface area contributed by atoms with E-state index in [4.69, 9.17) is 15.2 Å². The summed E-state index contributed by atoms with van der Waals surface area (Å²) in [5.74, 6) is -1.13. The highest BCUT2D eigenvalue weighted by Crippen LogP contribution is 2.16. The zero-order valence-corrected chi connectivity index (χ0v) is 12.8. The molecule has 1 saturated heterocycles. The van der Waals surface area contributed by atoms with Crippen LogP contribution in [-0.4, -0.2) is 49.0 Å². The van der Waals surface area contributed by atoms with E-state index in [1.807, 2.05) is 6.07 Å². The summed E-state index contributed by atoms with van der Waals surface area (Å²) in [6.07, 6.45) is 1.40. The summed E-state index contributed by atoms with van der Waals surface area (Å²) >= 11 is 0. The molecule has 7 nitrogen and oxygen atoms in total. The molecule has 124 valence electrons. The summed E-state index contributed by atoms with van der Waals surface area (Å²) < 4.78 is 10.1. The summed E-state index contributed by atoms with van der Waals surface area (Å²) in [5.41, 5.74) is 5.27. The molecule has 7 heteroatoms. The molecule has 1 aliphatic rings. The Labute approximate surface area is 134 Å². The van der Waals surface area contributed by atoms with Crippen LogP contribution in [0.15, 0.2) is 30.3 Å². The molecule has 0 spiro atoms. The van der Waals surface area contributed by atoms with Crippen molar-refractivity contribution in [3.05, 3.63) is 30.3 Å². The van der Waals surface area contributed by atoms with E-state index in [0.29, 0.717) is 25.1 Å². The Bertz CT molecular complexity index is 561. The van der Waals surface area contributed by atoms with Gasteiger partial charge in [-0.25, -0.2) is 4.79 Å². The maximum Gasteiger partial charge on any atom is 0.344 e. The molecule has 0 unspecified atom stereocenters. The molecular weight excluding hydrogens is 300 g/mol. The van der Waals surface area contributed by atoms with Gasteiger partial charge in [0.15, 0.2) is 13.2 Å². The van der Waals surface area contributed by atoms with Crippen molar-refractivity contribution in [3.8, 4) is 5.75 Å². The molecule has 1 aromatic carbocycles. The Kier molecular flexibility index (Phi) is 5.96. The van der Waals surface area contributed by atoms with Crippen LogP contribution in [0.1, 0.15) is 12.8 Å². The van der Waals surface area contributed by atoms with Gasteiger partial charge in [0.05, 0.1) is 5.92 Å². The highest BCUT2D eigenvalue weighted by molar-refractivity contribution is 5.82. The highest BCUT2D eigenvalue weighted by Gasteiger charge is 2.27. The first-order valence-electron chi connectivity index (χ1n) is 7.47. The fraction of sp³-hybridized carbons (Fsp3) is 0.438. The molecule has 2 N–H and O–H groups in total. The summed E-state index contributed by atoms with van der Waals surface area (Å²) in [6, 6.07) is 8.85. The SMILES string of the molecule is NC(=O)[C@H]1CCCN(C(=O)COC(=O)COc2ccccc2)C1. The van der Waals surface area contributed by atoms with Gasteiger partial charge in [0.2, 0.25) is 5.91 Å². The lowest BCUT2D eigenvalue weighted by molar-refractivity contribution is -0.154. The number of likely N-dealkylation sites (tertiary alicyclic amines) is 1. The number of carbonyl (C=O) groups is 3. The maximum absolute atomic E-state index is 12.0. The van der Waals surface area contributed by atoms with Crippen molar-refractivity contribution in [2.75, 3.05) is 26.3 Å². The van der Waals surface area contributed by atoms with Gasteiger partial charge in [0.1, 0.15) is 5.75 Å². The summed E-state index contributed by atoms with van der Waals surface area (Å²) in [5, 5.41) is 0. The monoisotopic (exact) mass is 320 g/mol. The van der Waals surface area contributed by atoms with Crippen LogP contribution in [0.2, 0.25) is 0 Å². The third-order valence-electron chi connectivity index (χ3n) is 3.63. The molecule has 1 aliphatic heterocycles. The molecule has 0 aliphatic carbocycles. The van der Waals surface area contributed by atoms with Gasteiger partial charge < -0.3 is 20.1 Å². The van der Waals surface area contributed by atoms with Gasteiger partial charge in [-0.3, -0.25) is 9.59 Å². The number of hydrogen-bond donors (Lipinski definition) is 1. The molecule has 0 aromatic heterocycles. The molecule has 2 rings (SSSR count). The average molecular weight is 320 g/mol. The fourth-order valence-corrected chi connectivity index (χ4v) is 2.37. The molecular formula is C16H20N2O5. The third kappa shape index (κ3) is 5.28. The lowest BCUT2D eigenvalue weighted by Crippen LogP contribution is -2.45. The highest BCUT2D eigenvalue weighted by atomic mass is 16.6. The van der Waals surface area contributed by atoms with Crippen LogP contribution in [0, 0.1) is 5.92 Å². The number of benzene rings is 1. The first kappa shape index (κ1) is 16.8. The van der Waals surface area contributed by atoms with E-state index in [-0.39, 0.29) is 31.6 Å². The maximum atomic E-state index is 12.0. The Hall–Kier alpha value is -2.57. The summed E-state index contributed by atoms with van der Waals surface area (Å²) in [7, 11) is 0. The van der Waals surface area contributed by atoms with E-state index in [1.165, 1.54) is 4.90 Å². The van der Waals surface area contributed by atoms with Crippen molar-refractivity contribution >= 4 is 17.8 Å². The first-order valence-corrected chi connectivity index (χ1v) is 7.47. The molecule has 1 atom stereocenters. The van der Waals surface area contributed by atoms with Crippen molar-refractivity contribution in [2.45, 2.75) is 12.8 Å². The van der Waals surface area contributed by atoms with Crippen LogP contribution in [0.4, 0.5) is 0 Å². The van der Waals surface area contributed by atoms with Gasteiger partial charge in [-0.15, -0.1) is 0 Å². The van der Waals surface area contributed by atoms with E-state index in [1.54, 1.807) is 24.3 Å². The van der Waals surface area contributed by atoms with Crippen LogP contribution in [0.25, 0.3) is 0 Å². The van der Waals surface area contributed by atoms with Crippen LogP contribution in [-0.2, 0) is 19.1 Å². The third-order valence-corrected chi connectivity index (χ3v) is 3.63. The lowest BCUT2D eigenvalue weighted by atomic mass is 9.97. The smallest absolute Gasteiger partial charge is 0.344 e. The van der Waals surface area contributed by atoms with E-state index in [9.17, 15) is 14.4 Å². The molecule has 0 saturated carbocycles. The first-order chi connectivity index (χ1) is 11.1. The van der Waals surface area contributed by atoms with Gasteiger partial charge >= 0.3 is 5.97 Å². The number of ether oxygens (including phenoxy) is 2. The number of piperidine rings is 1. The normalized spacial score (nSPS) is 17.4. The molecule has 0 bridgehead atoms. The predicted octanol–water partition coefficient (Wildman–Crippen LogP) is 0.333. The number of hydrogen-bond acceptors (Lipinski definition) is 5. The van der Waals surface area contributed by atoms with E-state index >= 15 is 0 Å². The zero-order valence-electron chi connectivity index (χ0n) is 12.8. The van der Waals surface area contributed by atoms with Crippen molar-refractivity contribution in [1.82, 2.24) is 4.90 Å². The number of para-hydroxylation sites is 1. The summed E-state index contributed by atoms with van der Waals surface area (Å²) in [4.78, 5) is 36.3. The molecule has 2 amide bonds. The molecule has 0 radical (unpaired) electrons. The largest absolute Gasteiger partial charge is 0.482 e. The Balaban J connectivity index is 1.71. The second-order valence-corrected chi connectivity index (χ2v) is 5.34. The minimum absolute atomic E-state index is 0.263. The van der Waals surface area contributed by atoms with Crippen molar-refractivity contribution in [3.63, 3.8) is 0 Å². The number of primary amides is 1. The molecule has 23 heavy (non-hydrogen) atoms. The lowest BCUT2D eigenvalue weighted by Gasteiger charge is -2.31. The average Bonchev–Trinajstić information content (AvgIpc) is 2.58. The summed E-state index contributed by atoms with van der Waals surface area (Å²) in [6.45, 7) is 0.205. The minimum atomic E-state index is -0.620. The molecule has 1 heterocycles. The van der Waals surface area contributed by atoms with Gasteiger partial charge in [-0.05, 0) is 25.0 Å². The van der Waals surface area contributed by atoms with Crippen LogP contribution >= 0.6 is 0 Å². The predicted molar refractivity (Wildman–Crippen MR) is 81.4 cm³/mol. The van der Waals surface area contributed by atoms with Crippen molar-refractivity contribution < 1.29 is 23.9 Å². The fourth-order valence-electron chi connectivity index (χ4n) is 2.37. The quantitative estimate of drug-likeness (QED) is 0.762. The minimum Gasteiger partial charge on any atom is -0.482 e. The number of carbonyl (C=O) groups excluding carboxylic acids is 3. The van der Waals surface area contributed by atoms with Crippen LogP contribution in [0.5, 0.6) is 5.75 Å². The van der Waals surface area contributed by atoms with Crippen molar-refractivity contribution in [1.29, 1.82) is 0 Å². The van der Waals surface area contributed by atoms with E-state index < -0.39 is 11.9 Å². The van der Waals surface area contributed by atoms with Crippen LogP contribution < -0.4 is 10.5 Å². The zero-order chi connectivity index (χ0) is 16.7. The second-order valence-electron chi connectivity index (χ2n) is 5.34. The Morgan fingerprint density at radius 2 is 1.91 bits per heavy atom. The van der Waals surface area contributed by atoms with Gasteiger partial charge in [-0.2, -0.15) is 0 Å². The topological polar surface area (TPSA) is 98.9 Å². The standard InChI is InChI=1S/C16H20N2O5/c17-16(21)12-5-4-8-18(9-12)14(19)10-23-15(20)11-22-13-6-2-1-3-7-13/h1-3,6-7,12H,4-5,8-11H2,(H2,17,21)/t12-/m0/s1. The second kappa shape index (κ2) is 8.17. The van der Waals surface area contributed by atoms with E-state index in [2.05, 4.69) is 0 Å². The van der Waals surface area contributed by atoms with Crippen molar-refractivity contribution in [2.24, 2.45) is 11.7 Å². The number of rotatable bonds is 6. The number of nitrogens with zero attached hydrogens (tertiary/aromatic N) is 1. The number of esters is 1. The Morgan fingerprint density at radius 3 is 2.61 bits per heavy atom. The van der Waals surface area contributed by atoms with E-state index in [0.717, 1.165) is 0 Å². The van der Waals surface area contributed by atoms with Crippen LogP contribution in [0.3, 0.4) is 0 Å². The Morgan fingerprint density at radius 1 is 1.17 bits per heavy atom.